The lowest BCUT2D eigenvalue weighted by Crippen LogP contribution is -2.84. The second-order valence-corrected chi connectivity index (χ2v) is 6.12. The first-order chi connectivity index (χ1) is 12.3. The van der Waals surface area contributed by atoms with E-state index >= 15 is 0 Å². The number of benzene rings is 2. The van der Waals surface area contributed by atoms with E-state index in [-0.39, 0.29) is 37.1 Å². The van der Waals surface area contributed by atoms with Gasteiger partial charge in [0.1, 0.15) is 19.0 Å². The molecule has 0 aliphatic carbocycles. The van der Waals surface area contributed by atoms with Crippen LogP contribution in [-0.4, -0.2) is 12.6 Å². The van der Waals surface area contributed by atoms with Crippen LogP contribution in [0.1, 0.15) is 41.6 Å². The van der Waals surface area contributed by atoms with Crippen molar-refractivity contribution in [3.8, 4) is 0 Å². The average molecular weight is 366 g/mol. The molecule has 3 nitrogen and oxygen atoms in total. The van der Waals surface area contributed by atoms with Gasteiger partial charge in [0.2, 0.25) is 0 Å². The van der Waals surface area contributed by atoms with E-state index in [1.165, 1.54) is 12.1 Å². The smallest absolute Gasteiger partial charge is 0.416 e. The van der Waals surface area contributed by atoms with Gasteiger partial charge in [0.05, 0.1) is 12.2 Å². The van der Waals surface area contributed by atoms with Crippen molar-refractivity contribution in [2.24, 2.45) is 0 Å². The molecular weight excluding hydrogens is 343 g/mol. The largest absolute Gasteiger partial charge is 0.466 e. The second-order valence-electron chi connectivity index (χ2n) is 6.12. The SMILES string of the molecule is CCOC(=O)CC([NH2+]Cc1ccccc1C(F)(F)F)c1ccc(C)cc1. The van der Waals surface area contributed by atoms with Crippen molar-refractivity contribution in [1.82, 2.24) is 0 Å². The molecule has 2 aromatic rings. The van der Waals surface area contributed by atoms with Crippen molar-refractivity contribution in [1.29, 1.82) is 0 Å². The molecule has 2 aromatic carbocycles. The van der Waals surface area contributed by atoms with E-state index in [1.54, 1.807) is 18.3 Å². The first-order valence-electron chi connectivity index (χ1n) is 8.52. The quantitative estimate of drug-likeness (QED) is 0.758. The zero-order valence-electron chi connectivity index (χ0n) is 14.8. The summed E-state index contributed by atoms with van der Waals surface area (Å²) in [6.45, 7) is 4.07. The Hall–Kier alpha value is -2.34. The van der Waals surface area contributed by atoms with Crippen LogP contribution < -0.4 is 5.32 Å². The van der Waals surface area contributed by atoms with Crippen molar-refractivity contribution in [3.05, 3.63) is 70.8 Å². The van der Waals surface area contributed by atoms with Gasteiger partial charge in [-0.2, -0.15) is 13.2 Å². The summed E-state index contributed by atoms with van der Waals surface area (Å²) in [6.07, 6.45) is -4.30. The summed E-state index contributed by atoms with van der Waals surface area (Å²) in [6, 6.07) is 12.8. The van der Waals surface area contributed by atoms with Crippen LogP contribution in [0.2, 0.25) is 0 Å². The molecule has 0 heterocycles. The van der Waals surface area contributed by atoms with Crippen LogP contribution in [0.25, 0.3) is 0 Å². The lowest BCUT2D eigenvalue weighted by molar-refractivity contribution is -0.710. The molecule has 0 amide bonds. The fraction of sp³-hybridized carbons (Fsp3) is 0.350. The first kappa shape index (κ1) is 20.0. The van der Waals surface area contributed by atoms with Gasteiger partial charge < -0.3 is 10.1 Å². The van der Waals surface area contributed by atoms with Crippen molar-refractivity contribution >= 4 is 5.97 Å². The van der Waals surface area contributed by atoms with Gasteiger partial charge in [0.15, 0.2) is 0 Å². The Morgan fingerprint density at radius 3 is 2.38 bits per heavy atom. The summed E-state index contributed by atoms with van der Waals surface area (Å²) in [5, 5.41) is 1.76. The molecule has 0 saturated heterocycles. The first-order valence-corrected chi connectivity index (χ1v) is 8.52. The maximum absolute atomic E-state index is 13.2. The lowest BCUT2D eigenvalue weighted by Gasteiger charge is -2.18. The molecule has 2 rings (SSSR count). The predicted octanol–water partition coefficient (Wildman–Crippen LogP) is 3.77. The molecule has 0 aliphatic rings. The maximum Gasteiger partial charge on any atom is 0.416 e. The number of esters is 1. The molecule has 6 heteroatoms. The summed E-state index contributed by atoms with van der Waals surface area (Å²) in [7, 11) is 0. The van der Waals surface area contributed by atoms with Gasteiger partial charge in [0, 0.05) is 11.1 Å². The van der Waals surface area contributed by atoms with Crippen LogP contribution in [0.4, 0.5) is 13.2 Å². The Morgan fingerprint density at radius 2 is 1.77 bits per heavy atom. The number of aryl methyl sites for hydroxylation is 1. The molecule has 140 valence electrons. The minimum atomic E-state index is -4.40. The lowest BCUT2D eigenvalue weighted by atomic mass is 10.0. The third-order valence-corrected chi connectivity index (χ3v) is 4.14. The van der Waals surface area contributed by atoms with Crippen LogP contribution in [0, 0.1) is 6.92 Å². The molecule has 1 atom stereocenters. The number of hydrogen-bond donors (Lipinski definition) is 1. The number of hydrogen-bond acceptors (Lipinski definition) is 2. The van der Waals surface area contributed by atoms with Gasteiger partial charge >= 0.3 is 12.1 Å². The molecule has 2 N–H and O–H groups in total. The number of carbonyl (C=O) groups excluding carboxylic acids is 1. The van der Waals surface area contributed by atoms with Crippen LogP contribution in [0.3, 0.4) is 0 Å². The van der Waals surface area contributed by atoms with E-state index in [9.17, 15) is 18.0 Å². The van der Waals surface area contributed by atoms with Gasteiger partial charge in [-0.25, -0.2) is 0 Å². The minimum Gasteiger partial charge on any atom is -0.466 e. The number of carbonyl (C=O) groups is 1. The fourth-order valence-electron chi connectivity index (χ4n) is 2.79. The standard InChI is InChI=1S/C20H22F3NO2/c1-3-26-19(25)12-18(15-10-8-14(2)9-11-15)24-13-16-6-4-5-7-17(16)20(21,22)23/h4-11,18,24H,3,12-13H2,1-2H3/p+1. The molecule has 0 spiro atoms. The molecule has 0 fully saturated rings. The Morgan fingerprint density at radius 1 is 1.12 bits per heavy atom. The highest BCUT2D eigenvalue weighted by Crippen LogP contribution is 2.31. The Kier molecular flexibility index (Phi) is 6.80. The Bertz CT molecular complexity index is 727. The molecule has 0 bridgehead atoms. The van der Waals surface area contributed by atoms with Gasteiger partial charge in [-0.1, -0.05) is 48.0 Å². The molecule has 26 heavy (non-hydrogen) atoms. The van der Waals surface area contributed by atoms with E-state index in [1.807, 2.05) is 31.2 Å². The van der Waals surface area contributed by atoms with Crippen molar-refractivity contribution in [3.63, 3.8) is 0 Å². The van der Waals surface area contributed by atoms with Gasteiger partial charge in [-0.15, -0.1) is 0 Å². The number of halogens is 3. The zero-order valence-corrected chi connectivity index (χ0v) is 14.8. The van der Waals surface area contributed by atoms with Crippen LogP contribution >= 0.6 is 0 Å². The number of quaternary nitrogens is 1. The highest BCUT2D eigenvalue weighted by Gasteiger charge is 2.33. The second kappa shape index (κ2) is 8.85. The number of rotatable bonds is 7. The van der Waals surface area contributed by atoms with E-state index in [4.69, 9.17) is 4.74 Å². The molecular formula is C20H23F3NO2+. The van der Waals surface area contributed by atoms with E-state index in [0.29, 0.717) is 0 Å². The summed E-state index contributed by atoms with van der Waals surface area (Å²) in [4.78, 5) is 11.9. The molecule has 0 aromatic heterocycles. The average Bonchev–Trinajstić information content (AvgIpc) is 2.59. The predicted molar refractivity (Wildman–Crippen MR) is 92.2 cm³/mol. The molecule has 1 unspecified atom stereocenters. The Labute approximate surface area is 151 Å². The summed E-state index contributed by atoms with van der Waals surface area (Å²) < 4.78 is 44.5. The van der Waals surface area contributed by atoms with E-state index < -0.39 is 11.7 Å². The van der Waals surface area contributed by atoms with Crippen LogP contribution in [0.5, 0.6) is 0 Å². The third kappa shape index (κ3) is 5.59. The van der Waals surface area contributed by atoms with Crippen molar-refractivity contribution < 1.29 is 28.0 Å². The number of nitrogens with two attached hydrogens (primary N) is 1. The molecule has 0 radical (unpaired) electrons. The summed E-state index contributed by atoms with van der Waals surface area (Å²) in [5.41, 5.74) is 1.51. The van der Waals surface area contributed by atoms with Gasteiger partial charge in [-0.05, 0) is 19.9 Å². The van der Waals surface area contributed by atoms with Gasteiger partial charge in [-0.3, -0.25) is 4.79 Å². The van der Waals surface area contributed by atoms with E-state index in [2.05, 4.69) is 0 Å². The topological polar surface area (TPSA) is 42.9 Å². The van der Waals surface area contributed by atoms with Crippen LogP contribution in [0.15, 0.2) is 48.5 Å². The minimum absolute atomic E-state index is 0.102. The summed E-state index contributed by atoms with van der Waals surface area (Å²) >= 11 is 0. The number of alkyl halides is 3. The maximum atomic E-state index is 13.2. The number of ether oxygens (including phenoxy) is 1. The van der Waals surface area contributed by atoms with Crippen molar-refractivity contribution in [2.45, 2.75) is 39.0 Å². The highest BCUT2D eigenvalue weighted by molar-refractivity contribution is 5.70. The van der Waals surface area contributed by atoms with Crippen molar-refractivity contribution in [2.75, 3.05) is 6.61 Å². The van der Waals surface area contributed by atoms with E-state index in [0.717, 1.165) is 17.2 Å². The normalized spacial score (nSPS) is 12.7. The van der Waals surface area contributed by atoms with Gasteiger partial charge in [0.25, 0.3) is 0 Å². The highest BCUT2D eigenvalue weighted by atomic mass is 19.4. The summed E-state index contributed by atoms with van der Waals surface area (Å²) in [5.74, 6) is -0.363. The monoisotopic (exact) mass is 366 g/mol. The molecule has 0 saturated carbocycles. The molecule has 0 aliphatic heterocycles. The zero-order chi connectivity index (χ0) is 19.2. The van der Waals surface area contributed by atoms with Crippen LogP contribution in [-0.2, 0) is 22.3 Å². The third-order valence-electron chi connectivity index (χ3n) is 4.14. The Balaban J connectivity index is 2.19. The fourth-order valence-corrected chi connectivity index (χ4v) is 2.79.